The van der Waals surface area contributed by atoms with E-state index in [0.29, 0.717) is 31.5 Å². The highest BCUT2D eigenvalue weighted by Crippen LogP contribution is 2.22. The average Bonchev–Trinajstić information content (AvgIpc) is 3.28. The van der Waals surface area contributed by atoms with E-state index < -0.39 is 0 Å². The normalized spacial score (nSPS) is 23.8. The van der Waals surface area contributed by atoms with Crippen LogP contribution < -0.4 is 10.2 Å². The monoisotopic (exact) mass is 419 g/mol. The molecule has 3 aliphatic rings. The van der Waals surface area contributed by atoms with Crippen LogP contribution in [0, 0.1) is 5.82 Å². The lowest BCUT2D eigenvalue weighted by Gasteiger charge is -2.32. The topological polar surface area (TPSA) is 52.6 Å². The second kappa shape index (κ2) is 10.4. The first-order chi connectivity index (χ1) is 14.7. The van der Waals surface area contributed by atoms with E-state index in [4.69, 9.17) is 14.5 Å². The van der Waals surface area contributed by atoms with Gasteiger partial charge in [0.15, 0.2) is 5.96 Å². The number of likely N-dealkylation sites (tertiary alicyclic amines) is 1. The third kappa shape index (κ3) is 5.22. The van der Waals surface area contributed by atoms with Gasteiger partial charge in [-0.1, -0.05) is 6.07 Å². The number of guanidine groups is 1. The number of nitrogens with zero attached hydrogens (tertiary/aromatic N) is 4. The number of benzene rings is 1. The van der Waals surface area contributed by atoms with Crippen molar-refractivity contribution in [3.8, 4) is 0 Å². The van der Waals surface area contributed by atoms with Crippen LogP contribution in [0.25, 0.3) is 0 Å². The molecular weight excluding hydrogens is 385 g/mol. The standard InChI is InChI=1S/C22H34FN5O2/c1-2-24-22(28-6-5-19(17-28)26-7-11-29-12-8-26)25-16-18-3-4-21(20(23)15-18)27-9-13-30-14-10-27/h3-4,15,19H,2,5-14,16-17H2,1H3,(H,24,25). The smallest absolute Gasteiger partial charge is 0.194 e. The molecule has 166 valence electrons. The van der Waals surface area contributed by atoms with Crippen LogP contribution in [-0.2, 0) is 16.0 Å². The van der Waals surface area contributed by atoms with Gasteiger partial charge in [0, 0.05) is 51.9 Å². The SMILES string of the molecule is CCNC(=NCc1ccc(N2CCOCC2)c(F)c1)N1CCC(N2CCOCC2)C1. The lowest BCUT2D eigenvalue weighted by atomic mass is 10.1. The van der Waals surface area contributed by atoms with Gasteiger partial charge in [-0.15, -0.1) is 0 Å². The molecule has 3 heterocycles. The van der Waals surface area contributed by atoms with Crippen LogP contribution >= 0.6 is 0 Å². The minimum atomic E-state index is -0.178. The quantitative estimate of drug-likeness (QED) is 0.577. The maximum Gasteiger partial charge on any atom is 0.194 e. The fraction of sp³-hybridized carbons (Fsp3) is 0.682. The van der Waals surface area contributed by atoms with E-state index in [-0.39, 0.29) is 5.82 Å². The van der Waals surface area contributed by atoms with Crippen molar-refractivity contribution in [2.24, 2.45) is 4.99 Å². The van der Waals surface area contributed by atoms with Gasteiger partial charge in [0.1, 0.15) is 5.82 Å². The molecule has 0 aliphatic carbocycles. The summed E-state index contributed by atoms with van der Waals surface area (Å²) in [6.45, 7) is 11.8. The maximum absolute atomic E-state index is 14.7. The Kier molecular flexibility index (Phi) is 7.41. The summed E-state index contributed by atoms with van der Waals surface area (Å²) in [7, 11) is 0. The van der Waals surface area contributed by atoms with Gasteiger partial charge in [-0.3, -0.25) is 4.90 Å². The molecule has 1 aromatic carbocycles. The fourth-order valence-corrected chi connectivity index (χ4v) is 4.48. The summed E-state index contributed by atoms with van der Waals surface area (Å²) in [5.74, 6) is 0.745. The Morgan fingerprint density at radius 1 is 1.10 bits per heavy atom. The van der Waals surface area contributed by atoms with E-state index in [0.717, 1.165) is 77.0 Å². The summed E-state index contributed by atoms with van der Waals surface area (Å²) in [6, 6.07) is 6.05. The third-order valence-corrected chi connectivity index (χ3v) is 6.14. The molecule has 0 radical (unpaired) electrons. The molecule has 30 heavy (non-hydrogen) atoms. The van der Waals surface area contributed by atoms with Crippen molar-refractivity contribution in [1.82, 2.24) is 15.1 Å². The van der Waals surface area contributed by atoms with E-state index in [1.54, 1.807) is 6.07 Å². The first-order valence-electron chi connectivity index (χ1n) is 11.2. The van der Waals surface area contributed by atoms with E-state index in [1.165, 1.54) is 0 Å². The number of morpholine rings is 2. The van der Waals surface area contributed by atoms with Crippen LogP contribution in [0.2, 0.25) is 0 Å². The van der Waals surface area contributed by atoms with Crippen LogP contribution in [0.3, 0.4) is 0 Å². The zero-order valence-electron chi connectivity index (χ0n) is 18.0. The average molecular weight is 420 g/mol. The van der Waals surface area contributed by atoms with Gasteiger partial charge in [0.05, 0.1) is 38.7 Å². The Bertz CT molecular complexity index is 719. The van der Waals surface area contributed by atoms with Gasteiger partial charge in [-0.2, -0.15) is 0 Å². The number of nitrogens with one attached hydrogen (secondary N) is 1. The summed E-state index contributed by atoms with van der Waals surface area (Å²) in [6.07, 6.45) is 1.15. The number of rotatable bonds is 5. The number of hydrogen-bond donors (Lipinski definition) is 1. The summed E-state index contributed by atoms with van der Waals surface area (Å²) < 4.78 is 25.5. The fourth-order valence-electron chi connectivity index (χ4n) is 4.48. The summed E-state index contributed by atoms with van der Waals surface area (Å²) in [5.41, 5.74) is 1.55. The highest BCUT2D eigenvalue weighted by atomic mass is 19.1. The number of aliphatic imine (C=N–C) groups is 1. The van der Waals surface area contributed by atoms with Crippen molar-refractivity contribution in [3.63, 3.8) is 0 Å². The van der Waals surface area contributed by atoms with Crippen LogP contribution in [0.5, 0.6) is 0 Å². The zero-order chi connectivity index (χ0) is 20.8. The first kappa shape index (κ1) is 21.3. The molecule has 3 saturated heterocycles. The highest BCUT2D eigenvalue weighted by Gasteiger charge is 2.30. The highest BCUT2D eigenvalue weighted by molar-refractivity contribution is 5.80. The molecule has 0 aromatic heterocycles. The molecule has 0 saturated carbocycles. The number of ether oxygens (including phenoxy) is 2. The van der Waals surface area contributed by atoms with Crippen molar-refractivity contribution >= 4 is 11.6 Å². The molecule has 8 heteroatoms. The molecule has 3 fully saturated rings. The van der Waals surface area contributed by atoms with Crippen molar-refractivity contribution in [1.29, 1.82) is 0 Å². The Labute approximate surface area is 178 Å². The van der Waals surface area contributed by atoms with Gasteiger partial charge in [-0.25, -0.2) is 9.38 Å². The summed E-state index contributed by atoms with van der Waals surface area (Å²) in [4.78, 5) is 11.7. The van der Waals surface area contributed by atoms with E-state index in [1.807, 2.05) is 17.0 Å². The van der Waals surface area contributed by atoms with E-state index >= 15 is 0 Å². The zero-order valence-corrected chi connectivity index (χ0v) is 18.0. The lowest BCUT2D eigenvalue weighted by Crippen LogP contribution is -2.46. The Morgan fingerprint density at radius 3 is 2.53 bits per heavy atom. The first-order valence-corrected chi connectivity index (χ1v) is 11.2. The molecule has 0 spiro atoms. The Balaban J connectivity index is 1.38. The molecule has 1 unspecified atom stereocenters. The van der Waals surface area contributed by atoms with Crippen molar-refractivity contribution < 1.29 is 13.9 Å². The van der Waals surface area contributed by atoms with Gasteiger partial charge in [0.25, 0.3) is 0 Å². The van der Waals surface area contributed by atoms with Gasteiger partial charge in [-0.05, 0) is 31.0 Å². The Hall–Kier alpha value is -1.90. The predicted molar refractivity (Wildman–Crippen MR) is 117 cm³/mol. The van der Waals surface area contributed by atoms with Crippen LogP contribution in [0.15, 0.2) is 23.2 Å². The maximum atomic E-state index is 14.7. The van der Waals surface area contributed by atoms with Crippen LogP contribution in [0.1, 0.15) is 18.9 Å². The minimum Gasteiger partial charge on any atom is -0.379 e. The van der Waals surface area contributed by atoms with Crippen molar-refractivity contribution in [3.05, 3.63) is 29.6 Å². The second-order valence-corrected chi connectivity index (χ2v) is 8.09. The van der Waals surface area contributed by atoms with Gasteiger partial charge >= 0.3 is 0 Å². The van der Waals surface area contributed by atoms with Gasteiger partial charge in [0.2, 0.25) is 0 Å². The molecule has 0 amide bonds. The van der Waals surface area contributed by atoms with E-state index in [2.05, 4.69) is 22.0 Å². The number of anilines is 1. The third-order valence-electron chi connectivity index (χ3n) is 6.14. The van der Waals surface area contributed by atoms with Crippen molar-refractivity contribution in [2.75, 3.05) is 77.1 Å². The molecule has 1 atom stereocenters. The molecular formula is C22H34FN5O2. The predicted octanol–water partition coefficient (Wildman–Crippen LogP) is 1.53. The molecule has 4 rings (SSSR count). The molecule has 3 aliphatic heterocycles. The van der Waals surface area contributed by atoms with Crippen molar-refractivity contribution in [2.45, 2.75) is 25.9 Å². The molecule has 1 aromatic rings. The number of halogens is 1. The molecule has 0 bridgehead atoms. The minimum absolute atomic E-state index is 0.178. The lowest BCUT2D eigenvalue weighted by molar-refractivity contribution is 0.0195. The van der Waals surface area contributed by atoms with Gasteiger partial charge < -0.3 is 24.6 Å². The summed E-state index contributed by atoms with van der Waals surface area (Å²) >= 11 is 0. The van der Waals surface area contributed by atoms with Crippen LogP contribution in [0.4, 0.5) is 10.1 Å². The molecule has 7 nitrogen and oxygen atoms in total. The van der Waals surface area contributed by atoms with E-state index in [9.17, 15) is 4.39 Å². The summed E-state index contributed by atoms with van der Waals surface area (Å²) in [5, 5.41) is 3.41. The number of hydrogen-bond acceptors (Lipinski definition) is 5. The molecule has 1 N–H and O–H groups in total. The second-order valence-electron chi connectivity index (χ2n) is 8.09. The van der Waals surface area contributed by atoms with Crippen LogP contribution in [-0.4, -0.2) is 94.0 Å². The Morgan fingerprint density at radius 2 is 1.83 bits per heavy atom. The largest absolute Gasteiger partial charge is 0.379 e.